The highest BCUT2D eigenvalue weighted by atomic mass is 79.9. The van der Waals surface area contributed by atoms with Crippen molar-refractivity contribution < 1.29 is 19.3 Å². The molecule has 320 valence electrons. The van der Waals surface area contributed by atoms with Crippen molar-refractivity contribution in [2.75, 3.05) is 26.6 Å². The van der Waals surface area contributed by atoms with E-state index in [1.165, 1.54) is 0 Å². The number of nitrogens with zero attached hydrogens (tertiary/aromatic N) is 6. The standard InChI is InChI=1S/C23H25BrN4O2.C14H13BrClN3.C9H13NO2/c1-4-5-10-28-14-19-18-9-7-16(24)11-20(18)26-23(22(19)27-28)25-13-15-6-8-17(29-2)12-21(15)30-3;1-2-3-6-19-8-11-10-5-4-9(15)7-12(10)17-14(16)13(11)18-19;1-12-9-4-7(6-11)2-3-8(9)5-10/h6-9,11-12,14H,4-5,10,13H2,1-3H3,(H,25,26);4-5,7-8H,2-3,6H2,1H3;2-4,11H,5-6,10H2,1H3. The van der Waals surface area contributed by atoms with Crippen LogP contribution in [0, 0.1) is 0 Å². The lowest BCUT2D eigenvalue weighted by Gasteiger charge is -2.12. The number of methoxy groups -OCH3 is 3. The first-order chi connectivity index (χ1) is 29.6. The van der Waals surface area contributed by atoms with Crippen LogP contribution in [0.4, 0.5) is 5.82 Å². The van der Waals surface area contributed by atoms with Gasteiger partial charge in [-0.2, -0.15) is 10.2 Å². The molecule has 4 aromatic heterocycles. The molecular weight excluding hydrogens is 924 g/mol. The molecule has 0 saturated carbocycles. The molecule has 8 rings (SSSR count). The Hall–Kier alpha value is -4.99. The van der Waals surface area contributed by atoms with Crippen molar-refractivity contribution in [2.45, 2.75) is 72.3 Å². The van der Waals surface area contributed by atoms with Gasteiger partial charge in [0.25, 0.3) is 0 Å². The minimum Gasteiger partial charge on any atom is -0.497 e. The van der Waals surface area contributed by atoms with Gasteiger partial charge in [-0.15, -0.1) is 0 Å². The zero-order chi connectivity index (χ0) is 43.5. The molecule has 0 unspecified atom stereocenters. The minimum atomic E-state index is 0.0290. The zero-order valence-electron chi connectivity index (χ0n) is 35.0. The number of fused-ring (bicyclic) bond motifs is 6. The Bertz CT molecular complexity index is 2740. The van der Waals surface area contributed by atoms with Crippen LogP contribution in [0.5, 0.6) is 17.2 Å². The summed E-state index contributed by atoms with van der Waals surface area (Å²) in [5, 5.41) is 26.5. The molecule has 0 radical (unpaired) electrons. The molecule has 4 N–H and O–H groups in total. The Morgan fingerprint density at radius 1 is 0.689 bits per heavy atom. The molecule has 4 aromatic carbocycles. The predicted molar refractivity (Wildman–Crippen MR) is 254 cm³/mol. The third-order valence-electron chi connectivity index (χ3n) is 10.1. The van der Waals surface area contributed by atoms with Gasteiger partial charge in [-0.1, -0.05) is 94.4 Å². The molecular formula is C46H51Br2ClN8O4. The molecule has 0 fully saturated rings. The lowest BCUT2D eigenvalue weighted by atomic mass is 10.1. The lowest BCUT2D eigenvalue weighted by Crippen LogP contribution is -2.05. The van der Waals surface area contributed by atoms with Gasteiger partial charge >= 0.3 is 0 Å². The molecule has 4 heterocycles. The molecule has 0 saturated heterocycles. The van der Waals surface area contributed by atoms with E-state index in [0.29, 0.717) is 18.2 Å². The van der Waals surface area contributed by atoms with Gasteiger partial charge in [0.1, 0.15) is 28.3 Å². The van der Waals surface area contributed by atoms with Gasteiger partial charge < -0.3 is 30.4 Å². The molecule has 12 nitrogen and oxygen atoms in total. The second-order valence-electron chi connectivity index (χ2n) is 14.2. The topological polar surface area (TPSA) is 147 Å². The van der Waals surface area contributed by atoms with Gasteiger partial charge in [0, 0.05) is 86.3 Å². The van der Waals surface area contributed by atoms with Gasteiger partial charge in [0.15, 0.2) is 11.0 Å². The molecule has 0 spiro atoms. The number of hydrogen-bond acceptors (Lipinski definition) is 10. The second-order valence-corrected chi connectivity index (χ2v) is 16.4. The van der Waals surface area contributed by atoms with Crippen LogP contribution in [-0.2, 0) is 32.8 Å². The van der Waals surface area contributed by atoms with Gasteiger partial charge in [0.2, 0.25) is 0 Å². The van der Waals surface area contributed by atoms with Crippen LogP contribution in [0.15, 0.2) is 94.1 Å². The Balaban J connectivity index is 0.000000171. The number of pyridine rings is 2. The maximum atomic E-state index is 8.83. The number of nitrogens with two attached hydrogens (primary N) is 1. The maximum Gasteiger partial charge on any atom is 0.157 e. The number of ether oxygens (including phenoxy) is 3. The first kappa shape index (κ1) is 45.5. The normalized spacial score (nSPS) is 11.0. The first-order valence-electron chi connectivity index (χ1n) is 20.1. The molecule has 0 aliphatic rings. The van der Waals surface area contributed by atoms with E-state index in [1.807, 2.05) is 64.0 Å². The van der Waals surface area contributed by atoms with E-state index in [2.05, 4.69) is 85.6 Å². The van der Waals surface area contributed by atoms with Crippen LogP contribution in [-0.4, -0.2) is 56.0 Å². The third-order valence-corrected chi connectivity index (χ3v) is 11.3. The van der Waals surface area contributed by atoms with Crippen LogP contribution in [0.3, 0.4) is 0 Å². The first-order valence-corrected chi connectivity index (χ1v) is 22.1. The fourth-order valence-corrected chi connectivity index (χ4v) is 7.70. The molecule has 0 aliphatic heterocycles. The highest BCUT2D eigenvalue weighted by Crippen LogP contribution is 2.33. The summed E-state index contributed by atoms with van der Waals surface area (Å²) in [5.41, 5.74) is 11.8. The summed E-state index contributed by atoms with van der Waals surface area (Å²) in [4.78, 5) is 9.30. The number of aryl methyl sites for hydroxylation is 2. The number of anilines is 1. The van der Waals surface area contributed by atoms with Crippen LogP contribution in [0.1, 0.15) is 56.2 Å². The monoisotopic (exact) mass is 972 g/mol. The molecule has 0 amide bonds. The SMILES string of the molecule is CCCCn1cc2c(n1)c(Cl)nc1cc(Br)ccc12.CCCCn1cc2c(n1)c(NCc1ccc(OC)cc1OC)nc1cc(Br)ccc12.COc1cc(CO)ccc1CN. The fraction of sp³-hybridized carbons (Fsp3) is 0.304. The largest absolute Gasteiger partial charge is 0.497 e. The summed E-state index contributed by atoms with van der Waals surface area (Å²) in [5.74, 6) is 3.05. The average Bonchev–Trinajstić information content (AvgIpc) is 3.92. The number of nitrogens with one attached hydrogen (secondary N) is 1. The van der Waals surface area contributed by atoms with E-state index in [1.54, 1.807) is 27.4 Å². The quantitative estimate of drug-likeness (QED) is 0.0900. The van der Waals surface area contributed by atoms with Gasteiger partial charge in [-0.3, -0.25) is 9.36 Å². The van der Waals surface area contributed by atoms with E-state index < -0.39 is 0 Å². The molecule has 15 heteroatoms. The van der Waals surface area contributed by atoms with Crippen LogP contribution in [0.25, 0.3) is 43.6 Å². The van der Waals surface area contributed by atoms with Crippen molar-refractivity contribution in [1.29, 1.82) is 0 Å². The predicted octanol–water partition coefficient (Wildman–Crippen LogP) is 11.2. The maximum absolute atomic E-state index is 8.83. The fourth-order valence-electron chi connectivity index (χ4n) is 6.77. The van der Waals surface area contributed by atoms with Crippen LogP contribution in [0.2, 0.25) is 5.15 Å². The second kappa shape index (κ2) is 21.7. The molecule has 61 heavy (non-hydrogen) atoms. The van der Waals surface area contributed by atoms with Gasteiger partial charge in [-0.05, 0) is 60.9 Å². The van der Waals surface area contributed by atoms with Crippen LogP contribution < -0.4 is 25.3 Å². The van der Waals surface area contributed by atoms with Crippen molar-refractivity contribution in [3.05, 3.63) is 116 Å². The Morgan fingerprint density at radius 2 is 1.26 bits per heavy atom. The number of halogens is 3. The number of unbranched alkanes of at least 4 members (excludes halogenated alkanes) is 2. The van der Waals surface area contributed by atoms with E-state index in [-0.39, 0.29) is 6.61 Å². The Labute approximate surface area is 377 Å². The Kier molecular flexibility index (Phi) is 16.2. The van der Waals surface area contributed by atoms with Crippen molar-refractivity contribution in [3.63, 3.8) is 0 Å². The van der Waals surface area contributed by atoms with E-state index in [9.17, 15) is 0 Å². The molecule has 0 bridgehead atoms. The van der Waals surface area contributed by atoms with Crippen LogP contribution >= 0.6 is 43.5 Å². The summed E-state index contributed by atoms with van der Waals surface area (Å²) in [6, 6.07) is 23.5. The third kappa shape index (κ3) is 11.1. The van der Waals surface area contributed by atoms with E-state index in [4.69, 9.17) is 46.7 Å². The summed E-state index contributed by atoms with van der Waals surface area (Å²) in [6.07, 6.45) is 8.68. The number of aliphatic hydroxyl groups is 1. The molecule has 0 atom stereocenters. The number of aliphatic hydroxyl groups excluding tert-OH is 1. The number of aromatic nitrogens is 6. The summed E-state index contributed by atoms with van der Waals surface area (Å²) in [7, 11) is 4.91. The lowest BCUT2D eigenvalue weighted by molar-refractivity contribution is 0.281. The van der Waals surface area contributed by atoms with E-state index >= 15 is 0 Å². The summed E-state index contributed by atoms with van der Waals surface area (Å²) in [6.45, 7) is 7.22. The van der Waals surface area contributed by atoms with Crippen molar-refractivity contribution in [1.82, 2.24) is 29.5 Å². The van der Waals surface area contributed by atoms with Crippen molar-refractivity contribution in [2.24, 2.45) is 5.73 Å². The van der Waals surface area contributed by atoms with Gasteiger partial charge in [0.05, 0.1) is 39.0 Å². The summed E-state index contributed by atoms with van der Waals surface area (Å²) < 4.78 is 21.9. The van der Waals surface area contributed by atoms with E-state index in [0.717, 1.165) is 131 Å². The Morgan fingerprint density at radius 3 is 1.84 bits per heavy atom. The minimum absolute atomic E-state index is 0.0290. The summed E-state index contributed by atoms with van der Waals surface area (Å²) >= 11 is 13.2. The van der Waals surface area contributed by atoms with Crippen molar-refractivity contribution >= 4 is 92.9 Å². The highest BCUT2D eigenvalue weighted by molar-refractivity contribution is 9.10. The zero-order valence-corrected chi connectivity index (χ0v) is 38.9. The number of hydrogen-bond donors (Lipinski definition) is 3. The highest BCUT2D eigenvalue weighted by Gasteiger charge is 2.15. The van der Waals surface area contributed by atoms with Crippen molar-refractivity contribution in [3.8, 4) is 17.2 Å². The molecule has 8 aromatic rings. The smallest absolute Gasteiger partial charge is 0.157 e. The van der Waals surface area contributed by atoms with Gasteiger partial charge in [-0.25, -0.2) is 9.97 Å². The number of benzene rings is 4. The number of rotatable bonds is 14. The average molecular weight is 975 g/mol. The molecule has 0 aliphatic carbocycles.